The van der Waals surface area contributed by atoms with Crippen molar-refractivity contribution < 1.29 is 10.0 Å². The van der Waals surface area contributed by atoms with Crippen molar-refractivity contribution in [1.82, 2.24) is 4.98 Å². The summed E-state index contributed by atoms with van der Waals surface area (Å²) in [6.07, 6.45) is 3.72. The molecule has 0 aliphatic carbocycles. The molecule has 0 spiro atoms. The van der Waals surface area contributed by atoms with Crippen molar-refractivity contribution in [3.63, 3.8) is 0 Å². The van der Waals surface area contributed by atoms with Crippen LogP contribution in [0.2, 0.25) is 0 Å². The number of hydrogen-bond acceptors (Lipinski definition) is 4. The summed E-state index contributed by atoms with van der Waals surface area (Å²) in [5.41, 5.74) is 2.71. The number of anilines is 1. The fourth-order valence-electron chi connectivity index (χ4n) is 2.39. The molecule has 3 rings (SSSR count). The molecule has 0 radical (unpaired) electrons. The standard InChI is InChI=1S/C15H13N3O2/c19-15(11-4-3-8-16-10-11)18-9-7-13(17-20)12-5-1-2-6-14(12)18/h1-6,8,10,20H,7,9H2. The second kappa shape index (κ2) is 5.13. The molecule has 1 aliphatic rings. The highest BCUT2D eigenvalue weighted by atomic mass is 16.4. The minimum Gasteiger partial charge on any atom is -0.411 e. The Hall–Kier alpha value is -2.69. The summed E-state index contributed by atoms with van der Waals surface area (Å²) < 4.78 is 0. The molecule has 0 saturated heterocycles. The molecule has 0 unspecified atom stereocenters. The van der Waals surface area contributed by atoms with Gasteiger partial charge in [-0.3, -0.25) is 9.78 Å². The van der Waals surface area contributed by atoms with Crippen molar-refractivity contribution in [1.29, 1.82) is 0 Å². The van der Waals surface area contributed by atoms with Gasteiger partial charge >= 0.3 is 0 Å². The van der Waals surface area contributed by atoms with Gasteiger partial charge in [0.05, 0.1) is 17.0 Å². The number of carbonyl (C=O) groups is 1. The molecule has 1 aromatic heterocycles. The Kier molecular flexibility index (Phi) is 3.16. The fraction of sp³-hybridized carbons (Fsp3) is 0.133. The van der Waals surface area contributed by atoms with E-state index in [2.05, 4.69) is 10.1 Å². The van der Waals surface area contributed by atoms with Crippen molar-refractivity contribution >= 4 is 17.3 Å². The Morgan fingerprint density at radius 2 is 2.10 bits per heavy atom. The molecule has 5 nitrogen and oxygen atoms in total. The van der Waals surface area contributed by atoms with Gasteiger partial charge < -0.3 is 10.1 Å². The molecule has 0 atom stereocenters. The van der Waals surface area contributed by atoms with E-state index in [1.807, 2.05) is 24.3 Å². The summed E-state index contributed by atoms with van der Waals surface area (Å²) in [5.74, 6) is -0.0949. The van der Waals surface area contributed by atoms with E-state index < -0.39 is 0 Å². The summed E-state index contributed by atoms with van der Waals surface area (Å²) >= 11 is 0. The second-order valence-electron chi connectivity index (χ2n) is 4.51. The van der Waals surface area contributed by atoms with E-state index in [0.29, 0.717) is 24.2 Å². The molecule has 2 heterocycles. The molecule has 2 aromatic rings. The van der Waals surface area contributed by atoms with Gasteiger partial charge in [-0.15, -0.1) is 0 Å². The van der Waals surface area contributed by atoms with Crippen LogP contribution in [0.4, 0.5) is 5.69 Å². The lowest BCUT2D eigenvalue weighted by Crippen LogP contribution is -2.37. The van der Waals surface area contributed by atoms with Gasteiger partial charge in [0.1, 0.15) is 0 Å². The maximum absolute atomic E-state index is 12.5. The van der Waals surface area contributed by atoms with E-state index in [1.54, 1.807) is 29.4 Å². The molecule has 1 aliphatic heterocycles. The average Bonchev–Trinajstić information content (AvgIpc) is 2.54. The van der Waals surface area contributed by atoms with Crippen molar-refractivity contribution in [2.24, 2.45) is 5.16 Å². The summed E-state index contributed by atoms with van der Waals surface area (Å²) in [6, 6.07) is 10.9. The molecule has 0 bridgehead atoms. The van der Waals surface area contributed by atoms with Gasteiger partial charge in [-0.25, -0.2) is 0 Å². The molecule has 20 heavy (non-hydrogen) atoms. The Labute approximate surface area is 116 Å². The molecule has 100 valence electrons. The minimum atomic E-state index is -0.0949. The largest absolute Gasteiger partial charge is 0.411 e. The van der Waals surface area contributed by atoms with Crippen molar-refractivity contribution in [3.8, 4) is 0 Å². The van der Waals surface area contributed by atoms with Gasteiger partial charge in [0.2, 0.25) is 0 Å². The third kappa shape index (κ3) is 2.03. The van der Waals surface area contributed by atoms with Gasteiger partial charge in [-0.05, 0) is 18.2 Å². The fourth-order valence-corrected chi connectivity index (χ4v) is 2.39. The first-order valence-electron chi connectivity index (χ1n) is 6.33. The van der Waals surface area contributed by atoms with E-state index in [9.17, 15) is 4.79 Å². The van der Waals surface area contributed by atoms with Crippen LogP contribution in [0.25, 0.3) is 0 Å². The number of benzene rings is 1. The number of rotatable bonds is 1. The molecule has 0 fully saturated rings. The van der Waals surface area contributed by atoms with E-state index in [0.717, 1.165) is 11.3 Å². The Morgan fingerprint density at radius 3 is 2.85 bits per heavy atom. The maximum Gasteiger partial charge on any atom is 0.259 e. The first kappa shape index (κ1) is 12.3. The molecule has 1 aromatic carbocycles. The number of fused-ring (bicyclic) bond motifs is 1. The van der Waals surface area contributed by atoms with Gasteiger partial charge in [0.15, 0.2) is 0 Å². The van der Waals surface area contributed by atoms with Crippen LogP contribution in [0.3, 0.4) is 0 Å². The van der Waals surface area contributed by atoms with Crippen molar-refractivity contribution in [3.05, 3.63) is 59.9 Å². The predicted octanol–water partition coefficient (Wildman–Crippen LogP) is 2.31. The molecule has 1 N–H and O–H groups in total. The zero-order valence-electron chi connectivity index (χ0n) is 10.7. The molecule has 5 heteroatoms. The van der Waals surface area contributed by atoms with Crippen LogP contribution in [0, 0.1) is 0 Å². The third-order valence-electron chi connectivity index (χ3n) is 3.35. The second-order valence-corrected chi connectivity index (χ2v) is 4.51. The lowest BCUT2D eigenvalue weighted by Gasteiger charge is -2.29. The number of carbonyl (C=O) groups excluding carboxylic acids is 1. The van der Waals surface area contributed by atoms with Crippen LogP contribution in [0.1, 0.15) is 22.3 Å². The van der Waals surface area contributed by atoms with Crippen LogP contribution < -0.4 is 4.90 Å². The average molecular weight is 267 g/mol. The number of hydrogen-bond donors (Lipinski definition) is 1. The highest BCUT2D eigenvalue weighted by Crippen LogP contribution is 2.28. The van der Waals surface area contributed by atoms with Crippen LogP contribution in [0.15, 0.2) is 53.9 Å². The van der Waals surface area contributed by atoms with Gasteiger partial charge in [0.25, 0.3) is 5.91 Å². The van der Waals surface area contributed by atoms with E-state index in [-0.39, 0.29) is 5.91 Å². The number of pyridine rings is 1. The lowest BCUT2D eigenvalue weighted by atomic mass is 9.99. The first-order valence-corrected chi connectivity index (χ1v) is 6.33. The van der Waals surface area contributed by atoms with E-state index >= 15 is 0 Å². The van der Waals surface area contributed by atoms with Crippen LogP contribution >= 0.6 is 0 Å². The first-order chi connectivity index (χ1) is 9.81. The molecular weight excluding hydrogens is 254 g/mol. The van der Waals surface area contributed by atoms with Crippen LogP contribution in [-0.4, -0.2) is 28.4 Å². The van der Waals surface area contributed by atoms with E-state index in [4.69, 9.17) is 5.21 Å². The SMILES string of the molecule is O=C(c1cccnc1)N1CCC(=NO)c2ccccc21. The molecule has 0 saturated carbocycles. The zero-order chi connectivity index (χ0) is 13.9. The monoisotopic (exact) mass is 267 g/mol. The van der Waals surface area contributed by atoms with Gasteiger partial charge in [-0.1, -0.05) is 23.4 Å². The highest BCUT2D eigenvalue weighted by Gasteiger charge is 2.26. The normalized spacial score (nSPS) is 16.0. The maximum atomic E-state index is 12.5. The van der Waals surface area contributed by atoms with Crippen LogP contribution in [0.5, 0.6) is 0 Å². The Bertz CT molecular complexity index is 668. The number of nitrogens with zero attached hydrogens (tertiary/aromatic N) is 3. The topological polar surface area (TPSA) is 65.8 Å². The molecule has 1 amide bonds. The summed E-state index contributed by atoms with van der Waals surface area (Å²) in [5, 5.41) is 12.4. The van der Waals surface area contributed by atoms with Crippen molar-refractivity contribution in [2.75, 3.05) is 11.4 Å². The van der Waals surface area contributed by atoms with E-state index in [1.165, 1.54) is 0 Å². The Morgan fingerprint density at radius 1 is 1.25 bits per heavy atom. The zero-order valence-corrected chi connectivity index (χ0v) is 10.7. The Balaban J connectivity index is 2.02. The lowest BCUT2D eigenvalue weighted by molar-refractivity contribution is 0.0986. The minimum absolute atomic E-state index is 0.0949. The summed E-state index contributed by atoms with van der Waals surface area (Å²) in [7, 11) is 0. The quantitative estimate of drug-likeness (QED) is 0.637. The summed E-state index contributed by atoms with van der Waals surface area (Å²) in [4.78, 5) is 18.2. The van der Waals surface area contributed by atoms with Gasteiger partial charge in [0, 0.05) is 30.9 Å². The molecular formula is C15H13N3O2. The smallest absolute Gasteiger partial charge is 0.259 e. The highest BCUT2D eigenvalue weighted by molar-refractivity contribution is 6.14. The number of amides is 1. The van der Waals surface area contributed by atoms with Crippen molar-refractivity contribution in [2.45, 2.75) is 6.42 Å². The number of oxime groups is 1. The number of para-hydroxylation sites is 1. The predicted molar refractivity (Wildman–Crippen MR) is 75.3 cm³/mol. The van der Waals surface area contributed by atoms with Crippen LogP contribution in [-0.2, 0) is 0 Å². The third-order valence-corrected chi connectivity index (χ3v) is 3.35. The van der Waals surface area contributed by atoms with Gasteiger partial charge in [-0.2, -0.15) is 0 Å². The number of aromatic nitrogens is 1. The summed E-state index contributed by atoms with van der Waals surface area (Å²) in [6.45, 7) is 0.490.